The number of allylic oxidation sites excluding steroid dienone is 1. The van der Waals surface area contributed by atoms with E-state index in [1.54, 1.807) is 18.2 Å². The molecule has 0 saturated carbocycles. The minimum absolute atomic E-state index is 0.160. The zero-order valence-corrected chi connectivity index (χ0v) is 21.9. The number of carbonyl (C=O) groups excluding carboxylic acids is 1. The van der Waals surface area contributed by atoms with Crippen LogP contribution in [-0.2, 0) is 11.3 Å². The monoisotopic (exact) mass is 548 g/mol. The van der Waals surface area contributed by atoms with Gasteiger partial charge in [0.05, 0.1) is 16.5 Å². The van der Waals surface area contributed by atoms with E-state index in [4.69, 9.17) is 16.3 Å². The molecule has 0 aliphatic heterocycles. The Bertz CT molecular complexity index is 1120. The molecular formula is C24H26BrClN4O2S. The average Bonchev–Trinajstić information content (AvgIpc) is 3.17. The number of amides is 1. The van der Waals surface area contributed by atoms with Gasteiger partial charge >= 0.3 is 0 Å². The van der Waals surface area contributed by atoms with Gasteiger partial charge in [-0.2, -0.15) is 0 Å². The van der Waals surface area contributed by atoms with E-state index >= 15 is 0 Å². The van der Waals surface area contributed by atoms with Crippen LogP contribution >= 0.6 is 39.3 Å². The van der Waals surface area contributed by atoms with E-state index in [0.717, 1.165) is 10.2 Å². The quantitative estimate of drug-likeness (QED) is 0.221. The van der Waals surface area contributed by atoms with Crippen LogP contribution in [0.2, 0.25) is 5.02 Å². The molecule has 0 saturated heterocycles. The van der Waals surface area contributed by atoms with Gasteiger partial charge in [-0.15, -0.1) is 16.8 Å². The van der Waals surface area contributed by atoms with Gasteiger partial charge in [-0.1, -0.05) is 71.3 Å². The lowest BCUT2D eigenvalue weighted by Gasteiger charge is -2.16. The molecule has 0 aliphatic rings. The van der Waals surface area contributed by atoms with Crippen molar-refractivity contribution in [2.45, 2.75) is 44.5 Å². The number of nitrogens with one attached hydrogen (secondary N) is 1. The highest BCUT2D eigenvalue weighted by Crippen LogP contribution is 2.28. The molecule has 0 radical (unpaired) electrons. The summed E-state index contributed by atoms with van der Waals surface area (Å²) >= 11 is 10.8. The molecular weight excluding hydrogens is 524 g/mol. The first kappa shape index (κ1) is 25.3. The third kappa shape index (κ3) is 6.85. The van der Waals surface area contributed by atoms with Crippen molar-refractivity contribution in [1.82, 2.24) is 14.8 Å². The summed E-state index contributed by atoms with van der Waals surface area (Å²) < 4.78 is 8.85. The second-order valence-corrected chi connectivity index (χ2v) is 9.95. The minimum Gasteiger partial charge on any atom is -0.483 e. The minimum atomic E-state index is -0.327. The van der Waals surface area contributed by atoms with Gasteiger partial charge in [0.2, 0.25) is 5.91 Å². The Hall–Kier alpha value is -2.29. The lowest BCUT2D eigenvalue weighted by molar-refractivity contribution is -0.113. The maximum absolute atomic E-state index is 12.4. The summed E-state index contributed by atoms with van der Waals surface area (Å²) in [5.74, 6) is 1.87. The van der Waals surface area contributed by atoms with Crippen LogP contribution in [0.3, 0.4) is 0 Å². The summed E-state index contributed by atoms with van der Waals surface area (Å²) in [5, 5.41) is 12.5. The van der Waals surface area contributed by atoms with E-state index in [9.17, 15) is 4.79 Å². The van der Waals surface area contributed by atoms with Crippen molar-refractivity contribution in [3.05, 3.63) is 76.0 Å². The van der Waals surface area contributed by atoms with Gasteiger partial charge in [0, 0.05) is 11.0 Å². The summed E-state index contributed by atoms with van der Waals surface area (Å²) in [4.78, 5) is 12.4. The average molecular weight is 550 g/mol. The predicted molar refractivity (Wildman–Crippen MR) is 138 cm³/mol. The van der Waals surface area contributed by atoms with Crippen LogP contribution in [0.25, 0.3) is 0 Å². The first-order valence-corrected chi connectivity index (χ1v) is 12.6. The maximum atomic E-state index is 12.4. The lowest BCUT2D eigenvalue weighted by Crippen LogP contribution is -2.15. The number of nitrogens with zero attached hydrogens (tertiary/aromatic N) is 3. The number of hydrogen-bond acceptors (Lipinski definition) is 5. The summed E-state index contributed by atoms with van der Waals surface area (Å²) in [7, 11) is 0. The van der Waals surface area contributed by atoms with Crippen LogP contribution in [0.4, 0.5) is 5.69 Å². The molecule has 1 atom stereocenters. The van der Waals surface area contributed by atoms with Gasteiger partial charge in [-0.05, 0) is 48.7 Å². The normalized spacial score (nSPS) is 11.9. The second kappa shape index (κ2) is 11.7. The molecule has 2 aromatic carbocycles. The molecule has 3 aromatic rings. The van der Waals surface area contributed by atoms with E-state index in [2.05, 4.69) is 64.0 Å². The molecule has 0 spiro atoms. The fourth-order valence-corrected chi connectivity index (χ4v) is 4.58. The first-order valence-electron chi connectivity index (χ1n) is 10.5. The van der Waals surface area contributed by atoms with Gasteiger partial charge in [0.25, 0.3) is 0 Å². The molecule has 174 valence electrons. The largest absolute Gasteiger partial charge is 0.483 e. The van der Waals surface area contributed by atoms with E-state index < -0.39 is 0 Å². The number of thioether (sulfide) groups is 1. The smallest absolute Gasteiger partial charge is 0.234 e. The van der Waals surface area contributed by atoms with Crippen LogP contribution in [0.5, 0.6) is 5.75 Å². The Balaban J connectivity index is 1.66. The van der Waals surface area contributed by atoms with Gasteiger partial charge in [0.15, 0.2) is 17.1 Å². The highest BCUT2D eigenvalue weighted by atomic mass is 79.9. The molecule has 0 aliphatic carbocycles. The fraction of sp³-hybridized carbons (Fsp3) is 0.292. The Morgan fingerprint density at radius 2 is 1.97 bits per heavy atom. The number of halogens is 2. The summed E-state index contributed by atoms with van der Waals surface area (Å²) in [6.45, 7) is 10.6. The van der Waals surface area contributed by atoms with Crippen molar-refractivity contribution in [2.24, 2.45) is 0 Å². The fourth-order valence-electron chi connectivity index (χ4n) is 3.10. The Morgan fingerprint density at radius 1 is 1.24 bits per heavy atom. The third-order valence-corrected chi connectivity index (χ3v) is 6.59. The second-order valence-electron chi connectivity index (χ2n) is 7.68. The van der Waals surface area contributed by atoms with Gasteiger partial charge in [0.1, 0.15) is 5.75 Å². The molecule has 1 N–H and O–H groups in total. The summed E-state index contributed by atoms with van der Waals surface area (Å²) in [5.41, 5.74) is 1.82. The first-order chi connectivity index (χ1) is 15.8. The van der Waals surface area contributed by atoms with Crippen molar-refractivity contribution >= 4 is 50.9 Å². The summed E-state index contributed by atoms with van der Waals surface area (Å²) in [6, 6.07) is 13.4. The van der Waals surface area contributed by atoms with E-state index in [1.165, 1.54) is 17.3 Å². The van der Waals surface area contributed by atoms with E-state index in [-0.39, 0.29) is 17.8 Å². The van der Waals surface area contributed by atoms with Crippen molar-refractivity contribution in [3.63, 3.8) is 0 Å². The van der Waals surface area contributed by atoms with Crippen molar-refractivity contribution in [2.75, 3.05) is 11.1 Å². The van der Waals surface area contributed by atoms with Crippen LogP contribution in [0.1, 0.15) is 44.2 Å². The Labute approximate surface area is 211 Å². The summed E-state index contributed by atoms with van der Waals surface area (Å²) in [6.07, 6.45) is 1.44. The number of benzene rings is 2. The maximum Gasteiger partial charge on any atom is 0.234 e. The van der Waals surface area contributed by atoms with Crippen LogP contribution in [0.15, 0.2) is 64.7 Å². The molecule has 1 amide bonds. The van der Waals surface area contributed by atoms with E-state index in [1.807, 2.05) is 29.7 Å². The number of rotatable bonds is 10. The highest BCUT2D eigenvalue weighted by molar-refractivity contribution is 9.10. The molecule has 33 heavy (non-hydrogen) atoms. The predicted octanol–water partition coefficient (Wildman–Crippen LogP) is 6.87. The van der Waals surface area contributed by atoms with Gasteiger partial charge in [-0.3, -0.25) is 9.36 Å². The molecule has 1 aromatic heterocycles. The highest BCUT2D eigenvalue weighted by Gasteiger charge is 2.20. The Morgan fingerprint density at radius 3 is 2.61 bits per heavy atom. The molecule has 1 heterocycles. The van der Waals surface area contributed by atoms with Crippen LogP contribution < -0.4 is 10.1 Å². The molecule has 0 bridgehead atoms. The third-order valence-electron chi connectivity index (χ3n) is 4.82. The van der Waals surface area contributed by atoms with Crippen molar-refractivity contribution < 1.29 is 9.53 Å². The molecule has 3 rings (SSSR count). The lowest BCUT2D eigenvalue weighted by atomic mass is 10.0. The number of ether oxygens (including phenoxy) is 1. The number of anilines is 1. The molecule has 6 nitrogen and oxygen atoms in total. The van der Waals surface area contributed by atoms with Crippen LogP contribution in [0, 0.1) is 0 Å². The zero-order valence-electron chi connectivity index (χ0n) is 18.7. The molecule has 0 fully saturated rings. The van der Waals surface area contributed by atoms with Crippen molar-refractivity contribution in [1.29, 1.82) is 0 Å². The van der Waals surface area contributed by atoms with Crippen molar-refractivity contribution in [3.8, 4) is 5.75 Å². The van der Waals surface area contributed by atoms with Gasteiger partial charge < -0.3 is 10.1 Å². The van der Waals surface area contributed by atoms with E-state index in [0.29, 0.717) is 34.2 Å². The molecule has 1 unspecified atom stereocenters. The number of aromatic nitrogens is 3. The topological polar surface area (TPSA) is 69.0 Å². The number of carbonyl (C=O) groups is 1. The van der Waals surface area contributed by atoms with Gasteiger partial charge in [-0.25, -0.2) is 0 Å². The molecule has 9 heteroatoms. The zero-order chi connectivity index (χ0) is 24.0. The Kier molecular flexibility index (Phi) is 9.00. The number of hydrogen-bond donors (Lipinski definition) is 1. The standard InChI is InChI=1S/C24H26BrClN4O2S/c1-5-12-30-23(16(4)32-19-9-6-17(7-10-19)15(2)3)28-29-24(30)33-14-22(31)27-21-11-8-18(25)13-20(21)26/h5-11,13,15-16H,1,12,14H2,2-4H3,(H,27,31). The SMILES string of the molecule is C=CCn1c(SCC(=O)Nc2ccc(Br)cc2Cl)nnc1C(C)Oc1ccc(C(C)C)cc1. The van der Waals surface area contributed by atoms with Crippen LogP contribution in [-0.4, -0.2) is 26.4 Å².